The van der Waals surface area contributed by atoms with Gasteiger partial charge in [-0.2, -0.15) is 0 Å². The van der Waals surface area contributed by atoms with E-state index in [0.29, 0.717) is 24.6 Å². The van der Waals surface area contributed by atoms with Crippen LogP contribution in [0.1, 0.15) is 19.3 Å². The zero-order valence-corrected chi connectivity index (χ0v) is 14.7. The molecule has 1 heterocycles. The topological polar surface area (TPSA) is 42.5 Å². The first-order chi connectivity index (χ1) is 12.4. The average molecular weight is 340 g/mol. The highest BCUT2D eigenvalue weighted by Gasteiger charge is 2.34. The Labute approximate surface area is 149 Å². The highest BCUT2D eigenvalue weighted by atomic mass is 16.5. The van der Waals surface area contributed by atoms with Crippen molar-refractivity contribution in [2.24, 2.45) is 5.92 Å². The number of fused-ring (bicyclic) bond motifs is 1. The van der Waals surface area contributed by atoms with Crippen molar-refractivity contribution in [3.8, 4) is 5.75 Å². The van der Waals surface area contributed by atoms with E-state index in [1.807, 2.05) is 0 Å². The summed E-state index contributed by atoms with van der Waals surface area (Å²) >= 11 is 0. The van der Waals surface area contributed by atoms with E-state index in [1.54, 1.807) is 0 Å². The standard InChI is InChI=1S/C21H28N2O2/c1-2-7-17-16(5-1)6-3-10-21(17)25-14-12-22-19-9-4-8-18(19)20-15-24-13-11-23-20/h1-3,5-7,10,18-20,22-23H,4,8-9,11-15H2. The maximum absolute atomic E-state index is 6.06. The van der Waals surface area contributed by atoms with Gasteiger partial charge in [0.25, 0.3) is 0 Å². The second-order valence-electron chi connectivity index (χ2n) is 7.12. The molecule has 2 N–H and O–H groups in total. The summed E-state index contributed by atoms with van der Waals surface area (Å²) in [7, 11) is 0. The van der Waals surface area contributed by atoms with Gasteiger partial charge in [0.2, 0.25) is 0 Å². The summed E-state index contributed by atoms with van der Waals surface area (Å²) in [5.74, 6) is 1.66. The molecule has 1 aliphatic heterocycles. The van der Waals surface area contributed by atoms with Crippen LogP contribution in [0.2, 0.25) is 0 Å². The smallest absolute Gasteiger partial charge is 0.127 e. The van der Waals surface area contributed by atoms with Crippen LogP contribution in [0, 0.1) is 5.92 Å². The van der Waals surface area contributed by atoms with Gasteiger partial charge in [0.05, 0.1) is 13.2 Å². The Morgan fingerprint density at radius 3 is 2.96 bits per heavy atom. The zero-order valence-electron chi connectivity index (χ0n) is 14.7. The quantitative estimate of drug-likeness (QED) is 0.794. The van der Waals surface area contributed by atoms with Gasteiger partial charge in [0.15, 0.2) is 0 Å². The van der Waals surface area contributed by atoms with Crippen LogP contribution in [0.25, 0.3) is 10.8 Å². The molecule has 3 atom stereocenters. The lowest BCUT2D eigenvalue weighted by Crippen LogP contribution is -2.51. The van der Waals surface area contributed by atoms with Gasteiger partial charge in [-0.15, -0.1) is 0 Å². The van der Waals surface area contributed by atoms with Crippen LogP contribution in [0.3, 0.4) is 0 Å². The van der Waals surface area contributed by atoms with E-state index in [0.717, 1.165) is 32.1 Å². The van der Waals surface area contributed by atoms with Gasteiger partial charge >= 0.3 is 0 Å². The van der Waals surface area contributed by atoms with E-state index >= 15 is 0 Å². The highest BCUT2D eigenvalue weighted by Crippen LogP contribution is 2.29. The van der Waals surface area contributed by atoms with Crippen molar-refractivity contribution in [2.75, 3.05) is 32.9 Å². The summed E-state index contributed by atoms with van der Waals surface area (Å²) in [5, 5.41) is 9.77. The molecule has 134 valence electrons. The molecule has 0 radical (unpaired) electrons. The molecule has 4 nitrogen and oxygen atoms in total. The predicted molar refractivity (Wildman–Crippen MR) is 101 cm³/mol. The molecule has 1 aliphatic carbocycles. The molecule has 1 saturated heterocycles. The van der Waals surface area contributed by atoms with Crippen molar-refractivity contribution in [1.29, 1.82) is 0 Å². The number of hydrogen-bond acceptors (Lipinski definition) is 4. The van der Waals surface area contributed by atoms with Crippen LogP contribution < -0.4 is 15.4 Å². The number of morpholine rings is 1. The Balaban J connectivity index is 1.28. The second kappa shape index (κ2) is 8.17. The second-order valence-corrected chi connectivity index (χ2v) is 7.12. The molecule has 2 fully saturated rings. The molecule has 4 heteroatoms. The molecule has 25 heavy (non-hydrogen) atoms. The van der Waals surface area contributed by atoms with Gasteiger partial charge in [-0.3, -0.25) is 0 Å². The number of rotatable bonds is 6. The molecule has 2 aromatic rings. The first-order valence-corrected chi connectivity index (χ1v) is 9.57. The minimum Gasteiger partial charge on any atom is -0.492 e. The Bertz CT molecular complexity index is 679. The van der Waals surface area contributed by atoms with E-state index in [1.165, 1.54) is 30.0 Å². The molecule has 3 unspecified atom stereocenters. The fourth-order valence-corrected chi connectivity index (χ4v) is 4.31. The highest BCUT2D eigenvalue weighted by molar-refractivity contribution is 5.88. The van der Waals surface area contributed by atoms with Gasteiger partial charge in [0, 0.05) is 30.6 Å². The summed E-state index contributed by atoms with van der Waals surface area (Å²) in [6.45, 7) is 4.28. The van der Waals surface area contributed by atoms with Gasteiger partial charge in [-0.05, 0) is 30.2 Å². The van der Waals surface area contributed by atoms with Crippen LogP contribution in [0.5, 0.6) is 5.75 Å². The molecule has 0 bridgehead atoms. The van der Waals surface area contributed by atoms with Gasteiger partial charge in [0.1, 0.15) is 12.4 Å². The van der Waals surface area contributed by atoms with Crippen LogP contribution >= 0.6 is 0 Å². The van der Waals surface area contributed by atoms with Crippen molar-refractivity contribution in [3.63, 3.8) is 0 Å². The van der Waals surface area contributed by atoms with Crippen molar-refractivity contribution < 1.29 is 9.47 Å². The predicted octanol–water partition coefficient (Wildman–Crippen LogP) is 2.97. The third-order valence-electron chi connectivity index (χ3n) is 5.55. The zero-order chi connectivity index (χ0) is 16.9. The molecule has 2 aliphatic rings. The summed E-state index contributed by atoms with van der Waals surface area (Å²) in [6.07, 6.45) is 3.87. The molecule has 0 spiro atoms. The average Bonchev–Trinajstić information content (AvgIpc) is 3.14. The van der Waals surface area contributed by atoms with Crippen LogP contribution in [0.15, 0.2) is 42.5 Å². The molecular formula is C21H28N2O2. The van der Waals surface area contributed by atoms with Crippen LogP contribution in [0.4, 0.5) is 0 Å². The normalized spacial score (nSPS) is 26.8. The maximum atomic E-state index is 6.06. The molecule has 2 aromatic carbocycles. The lowest BCUT2D eigenvalue weighted by Gasteiger charge is -2.33. The van der Waals surface area contributed by atoms with Crippen molar-refractivity contribution >= 4 is 10.8 Å². The first kappa shape index (κ1) is 16.8. The van der Waals surface area contributed by atoms with E-state index in [9.17, 15) is 0 Å². The fourth-order valence-electron chi connectivity index (χ4n) is 4.31. The molecule has 1 saturated carbocycles. The Hall–Kier alpha value is -1.62. The van der Waals surface area contributed by atoms with E-state index < -0.39 is 0 Å². The summed E-state index contributed by atoms with van der Waals surface area (Å²) in [6, 6.07) is 15.7. The maximum Gasteiger partial charge on any atom is 0.127 e. The Kier molecular flexibility index (Phi) is 5.50. The monoisotopic (exact) mass is 340 g/mol. The summed E-state index contributed by atoms with van der Waals surface area (Å²) < 4.78 is 11.7. The van der Waals surface area contributed by atoms with Crippen LogP contribution in [-0.2, 0) is 4.74 Å². The van der Waals surface area contributed by atoms with Crippen molar-refractivity contribution in [1.82, 2.24) is 10.6 Å². The van der Waals surface area contributed by atoms with Gasteiger partial charge < -0.3 is 20.1 Å². The van der Waals surface area contributed by atoms with Gasteiger partial charge in [-0.1, -0.05) is 42.8 Å². The first-order valence-electron chi connectivity index (χ1n) is 9.57. The minimum absolute atomic E-state index is 0.507. The number of benzene rings is 2. The third kappa shape index (κ3) is 3.97. The molecular weight excluding hydrogens is 312 g/mol. The van der Waals surface area contributed by atoms with Gasteiger partial charge in [-0.25, -0.2) is 0 Å². The molecule has 0 amide bonds. The van der Waals surface area contributed by atoms with Crippen molar-refractivity contribution in [2.45, 2.75) is 31.3 Å². The molecule has 0 aromatic heterocycles. The Morgan fingerprint density at radius 1 is 1.12 bits per heavy atom. The number of hydrogen-bond donors (Lipinski definition) is 2. The van der Waals surface area contributed by atoms with E-state index in [2.05, 4.69) is 53.1 Å². The lowest BCUT2D eigenvalue weighted by molar-refractivity contribution is 0.0523. The third-order valence-corrected chi connectivity index (χ3v) is 5.55. The summed E-state index contributed by atoms with van der Waals surface area (Å²) in [4.78, 5) is 0. The summed E-state index contributed by atoms with van der Waals surface area (Å²) in [5.41, 5.74) is 0. The minimum atomic E-state index is 0.507. The largest absolute Gasteiger partial charge is 0.492 e. The lowest BCUT2D eigenvalue weighted by atomic mass is 9.94. The number of nitrogens with one attached hydrogen (secondary N) is 2. The Morgan fingerprint density at radius 2 is 2.04 bits per heavy atom. The fraction of sp³-hybridized carbons (Fsp3) is 0.524. The van der Waals surface area contributed by atoms with Crippen molar-refractivity contribution in [3.05, 3.63) is 42.5 Å². The van der Waals surface area contributed by atoms with Crippen LogP contribution in [-0.4, -0.2) is 45.0 Å². The number of ether oxygens (including phenoxy) is 2. The SMILES string of the molecule is c1ccc2c(OCCNC3CCCC3C3COCCN3)cccc2c1. The van der Waals surface area contributed by atoms with E-state index in [-0.39, 0.29) is 0 Å². The molecule has 4 rings (SSSR count). The van der Waals surface area contributed by atoms with E-state index in [4.69, 9.17) is 9.47 Å².